The van der Waals surface area contributed by atoms with Gasteiger partial charge >= 0.3 is 35.5 Å². The Hall–Kier alpha value is -3.45. The van der Waals surface area contributed by atoms with E-state index >= 15 is 0 Å². The molecule has 2 fully saturated rings. The summed E-state index contributed by atoms with van der Waals surface area (Å²) in [5, 5.41) is 39.2. The van der Waals surface area contributed by atoms with E-state index in [1.165, 1.54) is 39.6 Å². The number of rotatable bonds is 13. The number of aryl methyl sites for hydroxylation is 2. The summed E-state index contributed by atoms with van der Waals surface area (Å²) in [4.78, 5) is 38.8. The Morgan fingerprint density at radius 1 is 0.671 bits per heavy atom. The van der Waals surface area contributed by atoms with Crippen LogP contribution in [0.5, 0.6) is 0 Å². The number of carbonyl (C=O) groups excluding carboxylic acids is 3. The van der Waals surface area contributed by atoms with Crippen molar-refractivity contribution in [2.75, 3.05) is 19.6 Å². The van der Waals surface area contributed by atoms with Gasteiger partial charge in [-0.15, -0.1) is 34.4 Å². The van der Waals surface area contributed by atoms with Crippen LogP contribution in [0.15, 0.2) is 109 Å². The molecule has 2 aromatic heterocycles. The molecule has 8 rings (SSSR count). The molecular formula is C55H61NaO10S4. The van der Waals surface area contributed by atoms with E-state index in [-0.39, 0.29) is 65.0 Å². The molecule has 0 spiro atoms. The fraction of sp³-hybridized carbons (Fsp3) is 0.364. The van der Waals surface area contributed by atoms with Crippen molar-refractivity contribution >= 4 is 64.7 Å². The molecule has 0 radical (unpaired) electrons. The zero-order valence-corrected chi connectivity index (χ0v) is 46.3. The molecule has 10 atom stereocenters. The largest absolute Gasteiger partial charge is 1.00 e. The van der Waals surface area contributed by atoms with Crippen LogP contribution in [0.25, 0.3) is 20.9 Å². The Balaban J connectivity index is 0.000000249. The van der Waals surface area contributed by atoms with Crippen LogP contribution in [0.1, 0.15) is 96.8 Å². The van der Waals surface area contributed by atoms with Gasteiger partial charge in [-0.1, -0.05) is 79.7 Å². The summed E-state index contributed by atoms with van der Waals surface area (Å²) in [6.45, 7) is 9.82. The topological polar surface area (TPSA) is 163 Å². The molecule has 4 aromatic carbocycles. The van der Waals surface area contributed by atoms with E-state index in [4.69, 9.17) is 19.3 Å². The standard InChI is InChI=1S/C29H32O4S2.C25H26O5S2.CH3O.Na/c1-17-9-10-23(28-29(34-5)27(33-20(4)31)18(2)19(3)32-28)14-24(17)15-25-11-12-26(35-25)22-8-6-7-21(13-22)16-30;1-14-6-7-17(24-22(28)21(27)23(29)25(30-24)31-2)11-18(14)12-19-8-9-20(32-19)16-5-3-4-15(10-16)13-26;1-2;/h6-14,16,18-19,27-29H,15H2,1-5H3;3-11,13,21-25,27-29H,12H2,1-2H3;1H3;/q;;-1;+1/t18-,19-,27+,28?,29-;21-,22-,23+,24?,25-;;/m11../s1. The maximum atomic E-state index is 11.8. The van der Waals surface area contributed by atoms with Crippen molar-refractivity contribution in [1.29, 1.82) is 0 Å². The predicted octanol–water partition coefficient (Wildman–Crippen LogP) is 6.84. The molecule has 0 bridgehead atoms. The Morgan fingerprint density at radius 2 is 1.17 bits per heavy atom. The Labute approximate surface area is 450 Å². The molecule has 3 N–H and O–H groups in total. The second-order valence-electron chi connectivity index (χ2n) is 17.3. The van der Waals surface area contributed by atoms with Gasteiger partial charge in [0, 0.05) is 56.3 Å². The van der Waals surface area contributed by atoms with Crippen molar-refractivity contribution in [2.45, 2.75) is 101 Å². The molecular weight excluding hydrogens is 972 g/mol. The number of esters is 1. The van der Waals surface area contributed by atoms with Gasteiger partial charge < -0.3 is 34.6 Å². The monoisotopic (exact) mass is 1030 g/mol. The van der Waals surface area contributed by atoms with E-state index in [1.54, 1.807) is 46.8 Å². The van der Waals surface area contributed by atoms with Gasteiger partial charge in [-0.25, -0.2) is 0 Å². The molecule has 366 valence electrons. The molecule has 0 saturated carbocycles. The predicted molar refractivity (Wildman–Crippen MR) is 279 cm³/mol. The van der Waals surface area contributed by atoms with Crippen molar-refractivity contribution in [3.8, 4) is 20.9 Å². The minimum atomic E-state index is -1.27. The van der Waals surface area contributed by atoms with Crippen LogP contribution >= 0.6 is 46.2 Å². The normalized spacial score (nSPS) is 23.9. The quantitative estimate of drug-likeness (QED) is 0.0629. The summed E-state index contributed by atoms with van der Waals surface area (Å²) < 4.78 is 18.2. The van der Waals surface area contributed by atoms with Gasteiger partial charge in [-0.2, -0.15) is 18.9 Å². The first-order chi connectivity index (χ1) is 33.2. The molecule has 4 heterocycles. The third-order valence-corrected chi connectivity index (χ3v) is 16.9. The van der Waals surface area contributed by atoms with Gasteiger partial charge in [-0.05, 0) is 114 Å². The fourth-order valence-electron chi connectivity index (χ4n) is 8.66. The zero-order chi connectivity index (χ0) is 49.9. The summed E-state index contributed by atoms with van der Waals surface area (Å²) in [7, 11) is 0.750. The molecule has 15 heteroatoms. The molecule has 10 nitrogen and oxygen atoms in total. The van der Waals surface area contributed by atoms with Crippen LogP contribution in [0, 0.1) is 19.8 Å². The molecule has 0 amide bonds. The van der Waals surface area contributed by atoms with Crippen LogP contribution in [-0.4, -0.2) is 94.7 Å². The Morgan fingerprint density at radius 3 is 1.63 bits per heavy atom. The van der Waals surface area contributed by atoms with E-state index < -0.39 is 29.9 Å². The van der Waals surface area contributed by atoms with Gasteiger partial charge in [-0.3, -0.25) is 14.4 Å². The number of aldehydes is 2. The maximum absolute atomic E-state index is 11.8. The number of hydrogen-bond acceptors (Lipinski definition) is 14. The molecule has 2 unspecified atom stereocenters. The van der Waals surface area contributed by atoms with Crippen molar-refractivity contribution in [3.63, 3.8) is 0 Å². The van der Waals surface area contributed by atoms with Crippen LogP contribution in [0.2, 0.25) is 0 Å². The summed E-state index contributed by atoms with van der Waals surface area (Å²) >= 11 is 6.44. The number of carbonyl (C=O) groups is 3. The van der Waals surface area contributed by atoms with Gasteiger partial charge in [0.25, 0.3) is 0 Å². The zero-order valence-electron chi connectivity index (χ0n) is 41.1. The SMILES string of the molecule is CS[C@H]1C(c2ccc(C)c(Cc3ccc(-c4cccc(C=O)c4)s3)c2)O[C@H](C)[C@@H](C)[C@@H]1OC(C)=O.CS[C@H]1OC(c2ccc(C)c(Cc3ccc(-c4cccc(C=O)c4)s3)c2)[C@H](O)[C@@H](O)[C@@H]1O.C[O-].[Na+]. The van der Waals surface area contributed by atoms with Gasteiger partial charge in [0.2, 0.25) is 0 Å². The van der Waals surface area contributed by atoms with Crippen molar-refractivity contribution in [1.82, 2.24) is 0 Å². The van der Waals surface area contributed by atoms with E-state index in [0.29, 0.717) is 11.1 Å². The average Bonchev–Trinajstić information content (AvgIpc) is 4.05. The van der Waals surface area contributed by atoms with Crippen LogP contribution < -0.4 is 34.7 Å². The van der Waals surface area contributed by atoms with Crippen molar-refractivity contribution in [3.05, 3.63) is 163 Å². The van der Waals surface area contributed by atoms with Crippen molar-refractivity contribution in [2.24, 2.45) is 5.92 Å². The van der Waals surface area contributed by atoms with E-state index in [2.05, 4.69) is 69.5 Å². The van der Waals surface area contributed by atoms with Crippen LogP contribution in [-0.2, 0) is 31.8 Å². The second-order valence-corrected chi connectivity index (χ2v) is 21.6. The summed E-state index contributed by atoms with van der Waals surface area (Å²) in [5.74, 6) is -0.120. The van der Waals surface area contributed by atoms with Crippen molar-refractivity contribution < 1.29 is 78.6 Å². The van der Waals surface area contributed by atoms with Crippen LogP contribution in [0.4, 0.5) is 0 Å². The first-order valence-corrected chi connectivity index (χ1v) is 26.9. The average molecular weight is 1030 g/mol. The fourth-order valence-corrected chi connectivity index (χ4v) is 12.4. The Bertz CT molecular complexity index is 2670. The van der Waals surface area contributed by atoms with E-state index in [9.17, 15) is 29.7 Å². The molecule has 6 aromatic rings. The Kier molecular flexibility index (Phi) is 22.2. The number of hydrogen-bond donors (Lipinski definition) is 3. The van der Waals surface area contributed by atoms with E-state index in [0.717, 1.165) is 75.7 Å². The second kappa shape index (κ2) is 27.0. The molecule has 2 saturated heterocycles. The maximum Gasteiger partial charge on any atom is 1.00 e. The minimum absolute atomic E-state index is 0. The smallest absolute Gasteiger partial charge is 0.857 e. The number of benzene rings is 4. The first kappa shape index (κ1) is 57.5. The van der Waals surface area contributed by atoms with E-state index in [1.807, 2.05) is 67.6 Å². The summed E-state index contributed by atoms with van der Waals surface area (Å²) in [5.41, 5.74) is 9.45. The van der Waals surface area contributed by atoms with Gasteiger partial charge in [0.1, 0.15) is 48.5 Å². The molecule has 70 heavy (non-hydrogen) atoms. The molecule has 2 aliphatic rings. The first-order valence-electron chi connectivity index (χ1n) is 22.7. The minimum Gasteiger partial charge on any atom is -0.857 e. The van der Waals surface area contributed by atoms with Gasteiger partial charge in [0.15, 0.2) is 0 Å². The number of ether oxygens (including phenoxy) is 3. The third kappa shape index (κ3) is 14.0. The number of aliphatic hydroxyl groups is 3. The molecule has 0 aliphatic carbocycles. The van der Waals surface area contributed by atoms with Gasteiger partial charge in [0.05, 0.1) is 17.5 Å². The number of aliphatic hydroxyl groups excluding tert-OH is 3. The molecule has 2 aliphatic heterocycles. The summed E-state index contributed by atoms with van der Waals surface area (Å²) in [6.07, 6.45) is 2.47. The summed E-state index contributed by atoms with van der Waals surface area (Å²) in [6, 6.07) is 36.2. The third-order valence-electron chi connectivity index (χ3n) is 12.7. The number of thioether (sulfide) groups is 2. The van der Waals surface area contributed by atoms with Crippen LogP contribution in [0.3, 0.4) is 0 Å². The number of thiophene rings is 2.